The fourth-order valence-electron chi connectivity index (χ4n) is 1.62. The zero-order valence-electron chi connectivity index (χ0n) is 10.7. The van der Waals surface area contributed by atoms with Gasteiger partial charge in [-0.05, 0) is 32.6 Å². The summed E-state index contributed by atoms with van der Waals surface area (Å²) >= 11 is 0. The molecule has 0 aromatic heterocycles. The Morgan fingerprint density at radius 2 is 1.20 bits per heavy atom. The van der Waals surface area contributed by atoms with Crippen molar-refractivity contribution in [3.8, 4) is 0 Å². The lowest BCUT2D eigenvalue weighted by molar-refractivity contribution is 0.669. The first kappa shape index (κ1) is 15.1. The molecule has 5 heteroatoms. The summed E-state index contributed by atoms with van der Waals surface area (Å²) in [4.78, 5) is 14.3. The Bertz CT molecular complexity index is 126. The van der Waals surface area contributed by atoms with Gasteiger partial charge in [0, 0.05) is 0 Å². The van der Waals surface area contributed by atoms with Gasteiger partial charge in [-0.3, -0.25) is 0 Å². The quantitative estimate of drug-likeness (QED) is 0.330. The summed E-state index contributed by atoms with van der Waals surface area (Å²) in [5, 5.41) is 0. The molecule has 0 bridgehead atoms. The zero-order chi connectivity index (χ0) is 11.6. The highest BCUT2D eigenvalue weighted by molar-refractivity contribution is 6.70. The van der Waals surface area contributed by atoms with Crippen molar-refractivity contribution in [3.05, 3.63) is 0 Å². The molecular weight excluding hydrogens is 204 g/mol. The highest BCUT2D eigenvalue weighted by Gasteiger charge is 2.31. The predicted octanol–water partition coefficient (Wildman–Crippen LogP) is 0.640. The Labute approximate surface area is 95.9 Å². The van der Waals surface area contributed by atoms with Crippen molar-refractivity contribution < 1.29 is 0 Å². The van der Waals surface area contributed by atoms with E-state index in [2.05, 4.69) is 47.6 Å². The number of nitrogens with one attached hydrogen (secondary N) is 4. The van der Waals surface area contributed by atoms with Crippen molar-refractivity contribution in [1.29, 1.82) is 0 Å². The maximum Gasteiger partial charge on any atom is 0.365 e. The molecule has 0 saturated heterocycles. The van der Waals surface area contributed by atoms with E-state index in [1.807, 2.05) is 0 Å². The van der Waals surface area contributed by atoms with E-state index >= 15 is 0 Å². The minimum absolute atomic E-state index is 0.991. The van der Waals surface area contributed by atoms with Crippen LogP contribution in [0.2, 0.25) is 0 Å². The van der Waals surface area contributed by atoms with Gasteiger partial charge in [0.15, 0.2) is 0 Å². The fourth-order valence-corrected chi connectivity index (χ4v) is 4.52. The maximum atomic E-state index is 3.64. The number of rotatable bonds is 10. The molecule has 0 rings (SSSR count). The third-order valence-electron chi connectivity index (χ3n) is 2.25. The van der Waals surface area contributed by atoms with Crippen LogP contribution in [0, 0.1) is 0 Å². The molecular formula is C10H28N4Si. The first-order valence-corrected chi connectivity index (χ1v) is 8.24. The van der Waals surface area contributed by atoms with E-state index in [9.17, 15) is 0 Å². The summed E-state index contributed by atoms with van der Waals surface area (Å²) in [6.07, 6.45) is 2.47. The third-order valence-corrected chi connectivity index (χ3v) is 5.68. The van der Waals surface area contributed by atoms with Crippen molar-refractivity contribution in [1.82, 2.24) is 19.9 Å². The number of unbranched alkanes of at least 4 members (excludes halogenated alkanes) is 1. The molecule has 0 aromatic carbocycles. The Hall–Kier alpha value is 0.0569. The summed E-state index contributed by atoms with van der Waals surface area (Å²) in [6.45, 7) is 12.7. The predicted molar refractivity (Wildman–Crippen MR) is 69.7 cm³/mol. The molecule has 0 aliphatic rings. The summed E-state index contributed by atoms with van der Waals surface area (Å²) in [6, 6.07) is 0. The number of hydrogen-bond donors (Lipinski definition) is 4. The van der Waals surface area contributed by atoms with Crippen LogP contribution in [0.15, 0.2) is 0 Å². The van der Waals surface area contributed by atoms with E-state index < -0.39 is 8.72 Å². The van der Waals surface area contributed by atoms with Crippen LogP contribution in [0.4, 0.5) is 0 Å². The molecule has 0 unspecified atom stereocenters. The maximum absolute atomic E-state index is 3.64. The molecule has 0 spiro atoms. The zero-order valence-corrected chi connectivity index (χ0v) is 11.7. The topological polar surface area (TPSA) is 48.1 Å². The summed E-state index contributed by atoms with van der Waals surface area (Å²) < 4.78 is 0. The molecule has 92 valence electrons. The van der Waals surface area contributed by atoms with Crippen LogP contribution >= 0.6 is 0 Å². The van der Waals surface area contributed by atoms with Crippen LogP contribution in [0.1, 0.15) is 40.5 Å². The minimum Gasteiger partial charge on any atom is -0.301 e. The van der Waals surface area contributed by atoms with E-state index in [0.717, 1.165) is 26.2 Å². The average molecular weight is 232 g/mol. The van der Waals surface area contributed by atoms with Crippen LogP contribution < -0.4 is 19.9 Å². The lowest BCUT2D eigenvalue weighted by Crippen LogP contribution is -2.80. The summed E-state index contributed by atoms with van der Waals surface area (Å²) in [5.74, 6) is 0. The molecule has 0 radical (unpaired) electrons. The lowest BCUT2D eigenvalue weighted by Gasteiger charge is -2.33. The van der Waals surface area contributed by atoms with E-state index in [-0.39, 0.29) is 0 Å². The van der Waals surface area contributed by atoms with Gasteiger partial charge in [-0.2, -0.15) is 0 Å². The Morgan fingerprint density at radius 1 is 0.733 bits per heavy atom. The normalized spacial score (nSPS) is 12.0. The van der Waals surface area contributed by atoms with Crippen LogP contribution in [-0.4, -0.2) is 34.9 Å². The van der Waals surface area contributed by atoms with Crippen molar-refractivity contribution in [2.75, 3.05) is 26.2 Å². The Kier molecular flexibility index (Phi) is 9.33. The van der Waals surface area contributed by atoms with Crippen LogP contribution in [0.3, 0.4) is 0 Å². The second-order valence-electron chi connectivity index (χ2n) is 3.62. The molecule has 4 N–H and O–H groups in total. The second-order valence-corrected chi connectivity index (χ2v) is 6.54. The SMILES string of the molecule is CCCCN[Si](NCC)(NCC)NCC. The van der Waals surface area contributed by atoms with Gasteiger partial charge in [-0.15, -0.1) is 0 Å². The molecule has 0 fully saturated rings. The molecule has 0 aliphatic heterocycles. The average Bonchev–Trinajstić information content (AvgIpc) is 2.19. The van der Waals surface area contributed by atoms with Crippen molar-refractivity contribution in [2.45, 2.75) is 40.5 Å². The smallest absolute Gasteiger partial charge is 0.301 e. The molecule has 0 saturated carbocycles. The van der Waals surface area contributed by atoms with Gasteiger partial charge >= 0.3 is 8.72 Å². The molecule has 0 atom stereocenters. The van der Waals surface area contributed by atoms with Crippen molar-refractivity contribution in [2.24, 2.45) is 0 Å². The molecule has 0 aromatic rings. The molecule has 0 amide bonds. The lowest BCUT2D eigenvalue weighted by atomic mass is 10.3. The Balaban J connectivity index is 4.18. The van der Waals surface area contributed by atoms with E-state index in [1.54, 1.807) is 0 Å². The minimum atomic E-state index is -1.83. The van der Waals surface area contributed by atoms with Gasteiger partial charge in [0.25, 0.3) is 0 Å². The Morgan fingerprint density at radius 3 is 1.53 bits per heavy atom. The van der Waals surface area contributed by atoms with Crippen LogP contribution in [0.5, 0.6) is 0 Å². The fraction of sp³-hybridized carbons (Fsp3) is 1.00. The largest absolute Gasteiger partial charge is 0.365 e. The highest BCUT2D eigenvalue weighted by Crippen LogP contribution is 1.88. The van der Waals surface area contributed by atoms with E-state index in [1.165, 1.54) is 12.8 Å². The third kappa shape index (κ3) is 6.27. The van der Waals surface area contributed by atoms with Gasteiger partial charge in [0.2, 0.25) is 0 Å². The number of hydrogen-bond acceptors (Lipinski definition) is 4. The summed E-state index contributed by atoms with van der Waals surface area (Å²) in [7, 11) is -1.83. The molecule has 4 nitrogen and oxygen atoms in total. The van der Waals surface area contributed by atoms with Crippen LogP contribution in [-0.2, 0) is 0 Å². The monoisotopic (exact) mass is 232 g/mol. The van der Waals surface area contributed by atoms with Gasteiger partial charge in [0.05, 0.1) is 0 Å². The van der Waals surface area contributed by atoms with Gasteiger partial charge < -0.3 is 19.9 Å². The van der Waals surface area contributed by atoms with Gasteiger partial charge in [-0.25, -0.2) is 0 Å². The van der Waals surface area contributed by atoms with Gasteiger partial charge in [0.1, 0.15) is 0 Å². The first-order valence-electron chi connectivity index (χ1n) is 6.24. The van der Waals surface area contributed by atoms with E-state index in [0.29, 0.717) is 0 Å². The first-order chi connectivity index (χ1) is 7.24. The van der Waals surface area contributed by atoms with Crippen molar-refractivity contribution in [3.63, 3.8) is 0 Å². The molecule has 0 heterocycles. The van der Waals surface area contributed by atoms with Crippen LogP contribution in [0.25, 0.3) is 0 Å². The van der Waals surface area contributed by atoms with Gasteiger partial charge in [-0.1, -0.05) is 34.1 Å². The standard InChI is InChI=1S/C10H28N4Si/c1-5-9-10-14-15(11-6-2,12-7-3)13-8-4/h11-14H,5-10H2,1-4H3. The molecule has 0 aliphatic carbocycles. The second kappa shape index (κ2) is 9.29. The van der Waals surface area contributed by atoms with E-state index in [4.69, 9.17) is 0 Å². The van der Waals surface area contributed by atoms with Crippen molar-refractivity contribution >= 4 is 8.72 Å². The highest BCUT2D eigenvalue weighted by atomic mass is 28.4. The summed E-state index contributed by atoms with van der Waals surface area (Å²) in [5.41, 5.74) is 0. The molecule has 15 heavy (non-hydrogen) atoms.